The lowest BCUT2D eigenvalue weighted by atomic mass is 10.1. The van der Waals surface area contributed by atoms with Crippen molar-refractivity contribution in [3.8, 4) is 11.3 Å². The Morgan fingerprint density at radius 2 is 1.79 bits per heavy atom. The first-order valence-corrected chi connectivity index (χ1v) is 6.10. The Morgan fingerprint density at radius 3 is 2.53 bits per heavy atom. The summed E-state index contributed by atoms with van der Waals surface area (Å²) >= 11 is 0. The van der Waals surface area contributed by atoms with Gasteiger partial charge in [-0.05, 0) is 31.0 Å². The van der Waals surface area contributed by atoms with Crippen molar-refractivity contribution in [2.75, 3.05) is 0 Å². The summed E-state index contributed by atoms with van der Waals surface area (Å²) in [5.41, 5.74) is -0.0726. The number of halogens is 3. The molecule has 0 saturated heterocycles. The molecule has 19 heavy (non-hydrogen) atoms. The monoisotopic (exact) mass is 267 g/mol. The molecule has 0 atom stereocenters. The van der Waals surface area contributed by atoms with E-state index in [1.54, 1.807) is 12.1 Å². The summed E-state index contributed by atoms with van der Waals surface area (Å²) in [5, 5.41) is 3.25. The van der Waals surface area contributed by atoms with Gasteiger partial charge in [0.2, 0.25) is 0 Å². The van der Waals surface area contributed by atoms with E-state index in [1.807, 2.05) is 0 Å². The Hall–Kier alpha value is -1.75. The van der Waals surface area contributed by atoms with Crippen molar-refractivity contribution in [2.24, 2.45) is 0 Å². The molecule has 1 aromatic heterocycles. The molecule has 1 aliphatic carbocycles. The molecule has 1 fully saturated rings. The predicted molar refractivity (Wildman–Crippen MR) is 63.9 cm³/mol. The number of hydrogen-bond acceptors (Lipinski definition) is 2. The first-order chi connectivity index (χ1) is 9.13. The number of hydrogen-bond donors (Lipinski definition) is 1. The summed E-state index contributed by atoms with van der Waals surface area (Å²) in [6.45, 7) is 0.552. The van der Waals surface area contributed by atoms with Crippen molar-refractivity contribution in [1.29, 1.82) is 0 Å². The van der Waals surface area contributed by atoms with Crippen LogP contribution < -0.4 is 5.32 Å². The zero-order valence-electron chi connectivity index (χ0n) is 10.1. The van der Waals surface area contributed by atoms with Crippen LogP contribution in [0.4, 0.5) is 13.2 Å². The summed E-state index contributed by atoms with van der Waals surface area (Å²) in [6.07, 6.45) is 2.32. The lowest BCUT2D eigenvalue weighted by Crippen LogP contribution is -2.14. The number of nitrogens with one attached hydrogen (secondary N) is 1. The summed E-state index contributed by atoms with van der Waals surface area (Å²) < 4.78 is 45.0. The van der Waals surface area contributed by atoms with Crippen LogP contribution in [0.2, 0.25) is 0 Å². The topological polar surface area (TPSA) is 25.2 Å². The summed E-state index contributed by atoms with van der Waals surface area (Å²) in [4.78, 5) is 0. The zero-order chi connectivity index (χ0) is 13.4. The van der Waals surface area contributed by atoms with Crippen molar-refractivity contribution in [3.05, 3.63) is 47.5 Å². The molecule has 5 heteroatoms. The first kappa shape index (κ1) is 12.3. The third-order valence-electron chi connectivity index (χ3n) is 3.08. The molecule has 100 valence electrons. The van der Waals surface area contributed by atoms with Crippen molar-refractivity contribution < 1.29 is 17.6 Å². The van der Waals surface area contributed by atoms with E-state index in [9.17, 15) is 13.2 Å². The molecule has 1 heterocycles. The molecule has 0 amide bonds. The molecule has 3 rings (SSSR count). The van der Waals surface area contributed by atoms with Crippen LogP contribution in [-0.4, -0.2) is 6.04 Å². The SMILES string of the molecule is Fc1cc(F)c(-c2ccc(CNC3CC3)o2)cc1F. The average molecular weight is 267 g/mol. The largest absolute Gasteiger partial charge is 0.460 e. The highest BCUT2D eigenvalue weighted by atomic mass is 19.2. The maximum absolute atomic E-state index is 13.6. The van der Waals surface area contributed by atoms with Gasteiger partial charge in [0.05, 0.1) is 12.1 Å². The first-order valence-electron chi connectivity index (χ1n) is 6.10. The molecular formula is C14H12F3NO. The average Bonchev–Trinajstić information content (AvgIpc) is 3.09. The van der Waals surface area contributed by atoms with Crippen LogP contribution in [-0.2, 0) is 6.54 Å². The van der Waals surface area contributed by atoms with Gasteiger partial charge in [0.15, 0.2) is 11.6 Å². The van der Waals surface area contributed by atoms with Gasteiger partial charge in [-0.1, -0.05) is 0 Å². The van der Waals surface area contributed by atoms with E-state index in [4.69, 9.17) is 4.42 Å². The van der Waals surface area contributed by atoms with Gasteiger partial charge in [-0.25, -0.2) is 13.2 Å². The van der Waals surface area contributed by atoms with Gasteiger partial charge in [0.1, 0.15) is 17.3 Å². The van der Waals surface area contributed by atoms with Crippen molar-refractivity contribution in [2.45, 2.75) is 25.4 Å². The Balaban J connectivity index is 1.83. The lowest BCUT2D eigenvalue weighted by Gasteiger charge is -2.02. The van der Waals surface area contributed by atoms with Gasteiger partial charge in [-0.2, -0.15) is 0 Å². The molecule has 1 aromatic carbocycles. The Labute approximate surface area is 108 Å². The van der Waals surface area contributed by atoms with E-state index in [-0.39, 0.29) is 11.3 Å². The number of benzene rings is 1. The van der Waals surface area contributed by atoms with E-state index in [0.29, 0.717) is 24.4 Å². The van der Waals surface area contributed by atoms with Crippen LogP contribution in [0.5, 0.6) is 0 Å². The van der Waals surface area contributed by atoms with E-state index >= 15 is 0 Å². The van der Waals surface area contributed by atoms with Crippen LogP contribution in [0.15, 0.2) is 28.7 Å². The van der Waals surface area contributed by atoms with Crippen LogP contribution in [0, 0.1) is 17.5 Å². The highest BCUT2D eigenvalue weighted by Crippen LogP contribution is 2.27. The van der Waals surface area contributed by atoms with Gasteiger partial charge in [-0.3, -0.25) is 0 Å². The second-order valence-corrected chi connectivity index (χ2v) is 4.67. The molecule has 0 unspecified atom stereocenters. The van der Waals surface area contributed by atoms with Crippen molar-refractivity contribution in [1.82, 2.24) is 5.32 Å². The minimum atomic E-state index is -1.21. The number of rotatable bonds is 4. The molecule has 1 aliphatic rings. The smallest absolute Gasteiger partial charge is 0.161 e. The van der Waals surface area contributed by atoms with Crippen LogP contribution in [0.3, 0.4) is 0 Å². The molecular weight excluding hydrogens is 255 g/mol. The van der Waals surface area contributed by atoms with Crippen LogP contribution in [0.25, 0.3) is 11.3 Å². The van der Waals surface area contributed by atoms with Crippen LogP contribution >= 0.6 is 0 Å². The number of furan rings is 1. The highest BCUT2D eigenvalue weighted by Gasteiger charge is 2.21. The summed E-state index contributed by atoms with van der Waals surface area (Å²) in [7, 11) is 0. The Morgan fingerprint density at radius 1 is 1.05 bits per heavy atom. The third kappa shape index (κ3) is 2.66. The van der Waals surface area contributed by atoms with Gasteiger partial charge in [0, 0.05) is 12.1 Å². The van der Waals surface area contributed by atoms with E-state index in [1.165, 1.54) is 0 Å². The van der Waals surface area contributed by atoms with E-state index in [2.05, 4.69) is 5.32 Å². The van der Waals surface area contributed by atoms with E-state index < -0.39 is 17.5 Å². The highest BCUT2D eigenvalue weighted by molar-refractivity contribution is 5.58. The lowest BCUT2D eigenvalue weighted by molar-refractivity contribution is 0.480. The predicted octanol–water partition coefficient (Wildman–Crippen LogP) is 3.62. The fourth-order valence-corrected chi connectivity index (χ4v) is 1.86. The molecule has 1 saturated carbocycles. The normalized spacial score (nSPS) is 14.9. The van der Waals surface area contributed by atoms with Crippen molar-refractivity contribution >= 4 is 0 Å². The van der Waals surface area contributed by atoms with Gasteiger partial charge in [0.25, 0.3) is 0 Å². The summed E-state index contributed by atoms with van der Waals surface area (Å²) in [6, 6.07) is 5.12. The molecule has 0 bridgehead atoms. The minimum Gasteiger partial charge on any atom is -0.460 e. The minimum absolute atomic E-state index is 0.0726. The fraction of sp³-hybridized carbons (Fsp3) is 0.286. The maximum atomic E-state index is 13.6. The standard InChI is InChI=1S/C14H12F3NO/c15-11-6-13(17)12(16)5-10(11)14-4-3-9(19-14)7-18-8-1-2-8/h3-6,8,18H,1-2,7H2. The second kappa shape index (κ2) is 4.74. The van der Waals surface area contributed by atoms with E-state index in [0.717, 1.165) is 18.9 Å². The Kier molecular flexibility index (Phi) is 3.06. The van der Waals surface area contributed by atoms with Gasteiger partial charge >= 0.3 is 0 Å². The van der Waals surface area contributed by atoms with Crippen LogP contribution in [0.1, 0.15) is 18.6 Å². The maximum Gasteiger partial charge on any atom is 0.161 e. The zero-order valence-corrected chi connectivity index (χ0v) is 10.1. The molecule has 0 aliphatic heterocycles. The van der Waals surface area contributed by atoms with Gasteiger partial charge < -0.3 is 9.73 Å². The fourth-order valence-electron chi connectivity index (χ4n) is 1.86. The molecule has 2 nitrogen and oxygen atoms in total. The van der Waals surface area contributed by atoms with Crippen molar-refractivity contribution in [3.63, 3.8) is 0 Å². The quantitative estimate of drug-likeness (QED) is 0.856. The third-order valence-corrected chi connectivity index (χ3v) is 3.08. The Bertz CT molecular complexity index is 605. The second-order valence-electron chi connectivity index (χ2n) is 4.67. The molecule has 0 spiro atoms. The molecule has 0 radical (unpaired) electrons. The summed E-state index contributed by atoms with van der Waals surface area (Å²) in [5.74, 6) is -2.29. The molecule has 2 aromatic rings. The molecule has 1 N–H and O–H groups in total. The van der Waals surface area contributed by atoms with Gasteiger partial charge in [-0.15, -0.1) is 0 Å².